The van der Waals surface area contributed by atoms with Crippen LogP contribution in [0.25, 0.3) is 0 Å². The molecule has 0 radical (unpaired) electrons. The van der Waals surface area contributed by atoms with Gasteiger partial charge in [0.05, 0.1) is 23.8 Å². The SMILES string of the molecule is CC(C)(C)n1cc(CNc2ccc(F)c(C(=O)O)c2)nn1. The summed E-state index contributed by atoms with van der Waals surface area (Å²) >= 11 is 0. The van der Waals surface area contributed by atoms with Crippen molar-refractivity contribution in [1.29, 1.82) is 0 Å². The van der Waals surface area contributed by atoms with Crippen LogP contribution in [0.15, 0.2) is 24.4 Å². The molecule has 21 heavy (non-hydrogen) atoms. The van der Waals surface area contributed by atoms with Gasteiger partial charge in [-0.2, -0.15) is 0 Å². The quantitative estimate of drug-likeness (QED) is 0.905. The summed E-state index contributed by atoms with van der Waals surface area (Å²) in [4.78, 5) is 10.9. The molecule has 2 rings (SSSR count). The van der Waals surface area contributed by atoms with E-state index in [9.17, 15) is 9.18 Å². The third-order valence-electron chi connectivity index (χ3n) is 2.90. The van der Waals surface area contributed by atoms with E-state index in [2.05, 4.69) is 15.6 Å². The number of carboxylic acids is 1. The number of carbonyl (C=O) groups is 1. The lowest BCUT2D eigenvalue weighted by Crippen LogP contribution is -2.22. The number of aromatic nitrogens is 3. The average molecular weight is 292 g/mol. The van der Waals surface area contributed by atoms with Crippen LogP contribution in [0.1, 0.15) is 36.8 Å². The topological polar surface area (TPSA) is 80.0 Å². The van der Waals surface area contributed by atoms with Crippen LogP contribution in [-0.2, 0) is 12.1 Å². The molecule has 2 aromatic rings. The molecule has 112 valence electrons. The van der Waals surface area contributed by atoms with Crippen LogP contribution in [0.4, 0.5) is 10.1 Å². The van der Waals surface area contributed by atoms with Crippen LogP contribution >= 0.6 is 0 Å². The maximum Gasteiger partial charge on any atom is 0.338 e. The van der Waals surface area contributed by atoms with Gasteiger partial charge in [-0.15, -0.1) is 5.10 Å². The van der Waals surface area contributed by atoms with E-state index in [1.54, 1.807) is 4.68 Å². The van der Waals surface area contributed by atoms with E-state index in [1.165, 1.54) is 12.1 Å². The molecule has 0 saturated carbocycles. The van der Waals surface area contributed by atoms with Crippen molar-refractivity contribution in [3.8, 4) is 0 Å². The Hall–Kier alpha value is -2.44. The van der Waals surface area contributed by atoms with Crippen molar-refractivity contribution in [3.63, 3.8) is 0 Å². The van der Waals surface area contributed by atoms with E-state index in [1.807, 2.05) is 27.0 Å². The molecule has 0 amide bonds. The zero-order valence-corrected chi connectivity index (χ0v) is 12.1. The standard InChI is InChI=1S/C14H17FN4O2/c1-14(2,3)19-8-10(17-18-19)7-16-9-4-5-12(15)11(6-9)13(20)21/h4-6,8,16H,7H2,1-3H3,(H,20,21). The Morgan fingerprint density at radius 3 is 2.71 bits per heavy atom. The lowest BCUT2D eigenvalue weighted by Gasteiger charge is -2.17. The van der Waals surface area contributed by atoms with Gasteiger partial charge in [0.15, 0.2) is 0 Å². The van der Waals surface area contributed by atoms with Crippen LogP contribution in [0, 0.1) is 5.82 Å². The van der Waals surface area contributed by atoms with E-state index in [0.717, 1.165) is 6.07 Å². The minimum atomic E-state index is -1.30. The largest absolute Gasteiger partial charge is 0.478 e. The molecule has 0 atom stereocenters. The average Bonchev–Trinajstić information content (AvgIpc) is 2.86. The van der Waals surface area contributed by atoms with Gasteiger partial charge in [0, 0.05) is 5.69 Å². The first-order valence-corrected chi connectivity index (χ1v) is 6.46. The fourth-order valence-electron chi connectivity index (χ4n) is 1.70. The van der Waals surface area contributed by atoms with Crippen molar-refractivity contribution in [2.75, 3.05) is 5.32 Å². The predicted octanol–water partition coefficient (Wildman–Crippen LogP) is 2.48. The Morgan fingerprint density at radius 1 is 1.43 bits per heavy atom. The normalized spacial score (nSPS) is 11.4. The molecule has 0 aliphatic heterocycles. The van der Waals surface area contributed by atoms with Gasteiger partial charge in [-0.25, -0.2) is 13.9 Å². The number of carboxylic acid groups (broad SMARTS) is 1. The molecule has 1 aromatic heterocycles. The molecule has 0 bridgehead atoms. The summed E-state index contributed by atoms with van der Waals surface area (Å²) in [5, 5.41) is 19.9. The molecule has 0 spiro atoms. The monoisotopic (exact) mass is 292 g/mol. The van der Waals surface area contributed by atoms with Crippen molar-refractivity contribution in [2.24, 2.45) is 0 Å². The zero-order chi connectivity index (χ0) is 15.6. The van der Waals surface area contributed by atoms with E-state index in [0.29, 0.717) is 17.9 Å². The smallest absolute Gasteiger partial charge is 0.338 e. The summed E-state index contributed by atoms with van der Waals surface area (Å²) in [6.45, 7) is 6.41. The molecular formula is C14H17FN4O2. The second-order valence-corrected chi connectivity index (χ2v) is 5.68. The second kappa shape index (κ2) is 5.51. The highest BCUT2D eigenvalue weighted by Gasteiger charge is 2.15. The number of nitrogens with zero attached hydrogens (tertiary/aromatic N) is 3. The van der Waals surface area contributed by atoms with Crippen molar-refractivity contribution in [3.05, 3.63) is 41.5 Å². The maximum atomic E-state index is 13.3. The molecular weight excluding hydrogens is 275 g/mol. The molecule has 2 N–H and O–H groups in total. The summed E-state index contributed by atoms with van der Waals surface area (Å²) in [5.74, 6) is -2.05. The number of hydrogen-bond donors (Lipinski definition) is 2. The lowest BCUT2D eigenvalue weighted by molar-refractivity contribution is 0.0692. The Labute approximate surface area is 121 Å². The van der Waals surface area contributed by atoms with Crippen molar-refractivity contribution >= 4 is 11.7 Å². The maximum absolute atomic E-state index is 13.3. The molecule has 0 fully saturated rings. The van der Waals surface area contributed by atoms with Gasteiger partial charge in [0.25, 0.3) is 0 Å². The number of nitrogens with one attached hydrogen (secondary N) is 1. The summed E-state index contributed by atoms with van der Waals surface area (Å²) in [5.41, 5.74) is 0.709. The van der Waals surface area contributed by atoms with Gasteiger partial charge in [-0.05, 0) is 39.0 Å². The molecule has 0 unspecified atom stereocenters. The first-order valence-electron chi connectivity index (χ1n) is 6.46. The number of anilines is 1. The highest BCUT2D eigenvalue weighted by Crippen LogP contribution is 2.16. The highest BCUT2D eigenvalue weighted by molar-refractivity contribution is 5.89. The number of aromatic carboxylic acids is 1. The van der Waals surface area contributed by atoms with Crippen molar-refractivity contribution in [2.45, 2.75) is 32.9 Å². The Morgan fingerprint density at radius 2 is 2.14 bits per heavy atom. The van der Waals surface area contributed by atoms with Crippen LogP contribution in [0.2, 0.25) is 0 Å². The first-order chi connectivity index (χ1) is 9.77. The molecule has 1 heterocycles. The van der Waals surface area contributed by atoms with Gasteiger partial charge >= 0.3 is 5.97 Å². The Bertz CT molecular complexity index is 661. The number of hydrogen-bond acceptors (Lipinski definition) is 4. The number of benzene rings is 1. The molecule has 0 saturated heterocycles. The molecule has 0 aliphatic carbocycles. The molecule has 6 nitrogen and oxygen atoms in total. The third-order valence-corrected chi connectivity index (χ3v) is 2.90. The van der Waals surface area contributed by atoms with E-state index < -0.39 is 11.8 Å². The second-order valence-electron chi connectivity index (χ2n) is 5.68. The minimum Gasteiger partial charge on any atom is -0.478 e. The Balaban J connectivity index is 2.08. The van der Waals surface area contributed by atoms with Crippen LogP contribution in [0.3, 0.4) is 0 Å². The Kier molecular flexibility index (Phi) is 3.93. The van der Waals surface area contributed by atoms with E-state index in [-0.39, 0.29) is 11.1 Å². The summed E-state index contributed by atoms with van der Waals surface area (Å²) in [7, 11) is 0. The summed E-state index contributed by atoms with van der Waals surface area (Å²) in [6.07, 6.45) is 1.81. The van der Waals surface area contributed by atoms with Gasteiger partial charge in [-0.3, -0.25) is 0 Å². The van der Waals surface area contributed by atoms with E-state index >= 15 is 0 Å². The molecule has 0 aliphatic rings. The predicted molar refractivity (Wildman–Crippen MR) is 75.7 cm³/mol. The van der Waals surface area contributed by atoms with Crippen LogP contribution < -0.4 is 5.32 Å². The number of rotatable bonds is 4. The molecule has 7 heteroatoms. The first kappa shape index (κ1) is 15.0. The van der Waals surface area contributed by atoms with E-state index in [4.69, 9.17) is 5.11 Å². The highest BCUT2D eigenvalue weighted by atomic mass is 19.1. The summed E-state index contributed by atoms with van der Waals surface area (Å²) in [6, 6.07) is 3.86. The van der Waals surface area contributed by atoms with Gasteiger partial charge < -0.3 is 10.4 Å². The number of halogens is 1. The molecule has 1 aromatic carbocycles. The van der Waals surface area contributed by atoms with Crippen LogP contribution in [-0.4, -0.2) is 26.1 Å². The fourth-order valence-corrected chi connectivity index (χ4v) is 1.70. The fraction of sp³-hybridized carbons (Fsp3) is 0.357. The van der Waals surface area contributed by atoms with Gasteiger partial charge in [0.1, 0.15) is 11.5 Å². The zero-order valence-electron chi connectivity index (χ0n) is 12.1. The minimum absolute atomic E-state index is 0.155. The van der Waals surface area contributed by atoms with Crippen molar-refractivity contribution < 1.29 is 14.3 Å². The van der Waals surface area contributed by atoms with Crippen molar-refractivity contribution in [1.82, 2.24) is 15.0 Å². The summed E-state index contributed by atoms with van der Waals surface area (Å²) < 4.78 is 15.0. The van der Waals surface area contributed by atoms with Gasteiger partial charge in [-0.1, -0.05) is 5.21 Å². The van der Waals surface area contributed by atoms with Gasteiger partial charge in [0.2, 0.25) is 0 Å². The third kappa shape index (κ3) is 3.56. The van der Waals surface area contributed by atoms with Crippen LogP contribution in [0.5, 0.6) is 0 Å². The lowest BCUT2D eigenvalue weighted by atomic mass is 10.1.